The number of rotatable bonds is 4. The zero-order valence-electron chi connectivity index (χ0n) is 12.6. The minimum Gasteiger partial charge on any atom is -0.349 e. The highest BCUT2D eigenvalue weighted by Crippen LogP contribution is 2.12. The summed E-state index contributed by atoms with van der Waals surface area (Å²) in [5.41, 5.74) is 3.61. The van der Waals surface area contributed by atoms with Gasteiger partial charge in [-0.3, -0.25) is 4.79 Å². The van der Waals surface area contributed by atoms with Gasteiger partial charge >= 0.3 is 0 Å². The lowest BCUT2D eigenvalue weighted by molar-refractivity contribution is 0.0939. The molecule has 0 aliphatic rings. The fourth-order valence-electron chi connectivity index (χ4n) is 2.40. The number of amides is 1. The zero-order chi connectivity index (χ0) is 15.4. The van der Waals surface area contributed by atoms with E-state index in [9.17, 15) is 9.18 Å². The lowest BCUT2D eigenvalue weighted by atomic mass is 10.0. The molecule has 0 aliphatic carbocycles. The van der Waals surface area contributed by atoms with Crippen molar-refractivity contribution in [3.05, 3.63) is 70.5 Å². The zero-order valence-corrected chi connectivity index (χ0v) is 12.6. The summed E-state index contributed by atoms with van der Waals surface area (Å²) < 4.78 is 13.1. The first-order valence-electron chi connectivity index (χ1n) is 7.09. The third-order valence-corrected chi connectivity index (χ3v) is 3.60. The fourth-order valence-corrected chi connectivity index (χ4v) is 2.40. The molecule has 1 atom stereocenters. The lowest BCUT2D eigenvalue weighted by Gasteiger charge is -2.16. The molecule has 2 rings (SSSR count). The second-order valence-corrected chi connectivity index (χ2v) is 5.46. The van der Waals surface area contributed by atoms with Gasteiger partial charge in [-0.15, -0.1) is 0 Å². The summed E-state index contributed by atoms with van der Waals surface area (Å²) in [4.78, 5) is 12.2. The highest BCUT2D eigenvalue weighted by molar-refractivity contribution is 5.95. The Morgan fingerprint density at radius 1 is 1.14 bits per heavy atom. The molecule has 0 spiro atoms. The van der Waals surface area contributed by atoms with Crippen molar-refractivity contribution in [2.75, 3.05) is 0 Å². The molecule has 1 unspecified atom stereocenters. The summed E-state index contributed by atoms with van der Waals surface area (Å²) in [7, 11) is 0. The van der Waals surface area contributed by atoms with Crippen molar-refractivity contribution in [1.82, 2.24) is 5.32 Å². The highest BCUT2D eigenvalue weighted by Gasteiger charge is 2.13. The Bertz CT molecular complexity index is 651. The number of carbonyl (C=O) groups excluding carboxylic acids is 1. The van der Waals surface area contributed by atoms with Crippen LogP contribution in [0.25, 0.3) is 0 Å². The Labute approximate surface area is 125 Å². The van der Waals surface area contributed by atoms with Gasteiger partial charge in [-0.05, 0) is 62.1 Å². The normalized spacial score (nSPS) is 12.0. The molecule has 0 fully saturated rings. The molecule has 3 heteroatoms. The van der Waals surface area contributed by atoms with Crippen molar-refractivity contribution < 1.29 is 9.18 Å². The van der Waals surface area contributed by atoms with Crippen LogP contribution in [-0.2, 0) is 6.42 Å². The maximum Gasteiger partial charge on any atom is 0.251 e. The van der Waals surface area contributed by atoms with E-state index in [1.807, 2.05) is 19.1 Å². The Morgan fingerprint density at radius 3 is 2.52 bits per heavy atom. The molecule has 0 saturated carbocycles. The number of halogens is 1. The Morgan fingerprint density at radius 2 is 1.86 bits per heavy atom. The number of benzene rings is 2. The van der Waals surface area contributed by atoms with E-state index in [2.05, 4.69) is 24.4 Å². The average molecular weight is 285 g/mol. The van der Waals surface area contributed by atoms with Gasteiger partial charge in [0.05, 0.1) is 0 Å². The summed E-state index contributed by atoms with van der Waals surface area (Å²) in [6, 6.07) is 12.4. The maximum atomic E-state index is 13.1. The SMILES string of the molecule is Cc1ccccc1CC(C)NC(=O)c1ccc(F)cc1C. The monoisotopic (exact) mass is 285 g/mol. The van der Waals surface area contributed by atoms with Crippen LogP contribution in [0.3, 0.4) is 0 Å². The van der Waals surface area contributed by atoms with Crippen LogP contribution in [0.5, 0.6) is 0 Å². The molecule has 2 aromatic rings. The van der Waals surface area contributed by atoms with E-state index in [1.165, 1.54) is 29.3 Å². The van der Waals surface area contributed by atoms with Crippen molar-refractivity contribution in [2.24, 2.45) is 0 Å². The number of hydrogen-bond donors (Lipinski definition) is 1. The molecule has 2 aromatic carbocycles. The van der Waals surface area contributed by atoms with Crippen molar-refractivity contribution in [3.63, 3.8) is 0 Å². The molecule has 0 bridgehead atoms. The van der Waals surface area contributed by atoms with E-state index in [0.29, 0.717) is 11.1 Å². The van der Waals surface area contributed by atoms with Gasteiger partial charge in [0, 0.05) is 11.6 Å². The average Bonchev–Trinajstić information content (AvgIpc) is 2.41. The molecule has 0 aliphatic heterocycles. The number of carbonyl (C=O) groups is 1. The largest absolute Gasteiger partial charge is 0.349 e. The van der Waals surface area contributed by atoms with Gasteiger partial charge in [-0.25, -0.2) is 4.39 Å². The van der Waals surface area contributed by atoms with Crippen molar-refractivity contribution in [3.8, 4) is 0 Å². The maximum absolute atomic E-state index is 13.1. The quantitative estimate of drug-likeness (QED) is 0.909. The molecule has 2 nitrogen and oxygen atoms in total. The predicted octanol–water partition coefficient (Wildman–Crippen LogP) is 3.80. The molecule has 110 valence electrons. The Hall–Kier alpha value is -2.16. The van der Waals surface area contributed by atoms with Gasteiger partial charge in [-0.2, -0.15) is 0 Å². The molecule has 1 N–H and O–H groups in total. The first-order chi connectivity index (χ1) is 9.97. The van der Waals surface area contributed by atoms with Crippen LogP contribution in [0.1, 0.15) is 34.0 Å². The summed E-state index contributed by atoms with van der Waals surface area (Å²) >= 11 is 0. The van der Waals surface area contributed by atoms with Crippen molar-refractivity contribution in [1.29, 1.82) is 0 Å². The minimum atomic E-state index is -0.322. The smallest absolute Gasteiger partial charge is 0.251 e. The molecule has 0 heterocycles. The second kappa shape index (κ2) is 6.53. The Balaban J connectivity index is 2.04. The van der Waals surface area contributed by atoms with Crippen LogP contribution < -0.4 is 5.32 Å². The molecular weight excluding hydrogens is 265 g/mol. The molecule has 1 amide bonds. The van der Waals surface area contributed by atoms with Gasteiger partial charge < -0.3 is 5.32 Å². The van der Waals surface area contributed by atoms with Crippen molar-refractivity contribution in [2.45, 2.75) is 33.2 Å². The summed E-state index contributed by atoms with van der Waals surface area (Å²) in [5.74, 6) is -0.481. The topological polar surface area (TPSA) is 29.1 Å². The number of nitrogens with one attached hydrogen (secondary N) is 1. The molecule has 0 saturated heterocycles. The third-order valence-electron chi connectivity index (χ3n) is 3.60. The van der Waals surface area contributed by atoms with E-state index in [1.54, 1.807) is 6.92 Å². The lowest BCUT2D eigenvalue weighted by Crippen LogP contribution is -2.34. The van der Waals surface area contributed by atoms with Gasteiger partial charge in [-0.1, -0.05) is 24.3 Å². The van der Waals surface area contributed by atoms with Crippen molar-refractivity contribution >= 4 is 5.91 Å². The van der Waals surface area contributed by atoms with E-state index < -0.39 is 0 Å². The van der Waals surface area contributed by atoms with Crippen LogP contribution in [0.4, 0.5) is 4.39 Å². The molecule has 0 aromatic heterocycles. The summed E-state index contributed by atoms with van der Waals surface area (Å²) in [6.07, 6.45) is 0.776. The van der Waals surface area contributed by atoms with Crippen LogP contribution in [0, 0.1) is 19.7 Å². The van der Waals surface area contributed by atoms with E-state index >= 15 is 0 Å². The minimum absolute atomic E-state index is 0.0167. The van der Waals surface area contributed by atoms with Crippen LogP contribution in [0.15, 0.2) is 42.5 Å². The number of aryl methyl sites for hydroxylation is 2. The predicted molar refractivity (Wildman–Crippen MR) is 82.9 cm³/mol. The Kier molecular flexibility index (Phi) is 4.73. The van der Waals surface area contributed by atoms with Crippen LogP contribution in [-0.4, -0.2) is 11.9 Å². The van der Waals surface area contributed by atoms with Crippen LogP contribution in [0.2, 0.25) is 0 Å². The van der Waals surface area contributed by atoms with Gasteiger partial charge in [0.25, 0.3) is 5.91 Å². The second-order valence-electron chi connectivity index (χ2n) is 5.46. The van der Waals surface area contributed by atoms with Crippen LogP contribution >= 0.6 is 0 Å². The van der Waals surface area contributed by atoms with E-state index in [0.717, 1.165) is 6.42 Å². The van der Waals surface area contributed by atoms with Gasteiger partial charge in [0.15, 0.2) is 0 Å². The molecule has 0 radical (unpaired) electrons. The number of hydrogen-bond acceptors (Lipinski definition) is 1. The first kappa shape index (κ1) is 15.2. The van der Waals surface area contributed by atoms with Gasteiger partial charge in [0.2, 0.25) is 0 Å². The molecular formula is C18H20FNO. The van der Waals surface area contributed by atoms with Gasteiger partial charge in [0.1, 0.15) is 5.82 Å². The third kappa shape index (κ3) is 3.91. The standard InChI is InChI=1S/C18H20FNO/c1-12-6-4-5-7-15(12)11-14(3)20-18(21)17-9-8-16(19)10-13(17)2/h4-10,14H,11H2,1-3H3,(H,20,21). The fraction of sp³-hybridized carbons (Fsp3) is 0.278. The summed E-state index contributed by atoms with van der Waals surface area (Å²) in [5, 5.41) is 2.97. The van der Waals surface area contributed by atoms with E-state index in [4.69, 9.17) is 0 Å². The summed E-state index contributed by atoms with van der Waals surface area (Å²) in [6.45, 7) is 5.78. The highest BCUT2D eigenvalue weighted by atomic mass is 19.1. The van der Waals surface area contributed by atoms with E-state index in [-0.39, 0.29) is 17.8 Å². The molecule has 21 heavy (non-hydrogen) atoms. The first-order valence-corrected chi connectivity index (χ1v) is 7.09.